The second-order valence-corrected chi connectivity index (χ2v) is 3.68. The molecule has 14 heavy (non-hydrogen) atoms. The molecule has 1 atom stereocenters. The monoisotopic (exact) mass is 216 g/mol. The second-order valence-electron chi connectivity index (χ2n) is 3.24. The molecule has 0 aromatic heterocycles. The van der Waals surface area contributed by atoms with Gasteiger partial charge in [0.1, 0.15) is 5.82 Å². The molecule has 0 spiro atoms. The van der Waals surface area contributed by atoms with E-state index in [4.69, 9.17) is 23.1 Å². The normalized spacial score (nSPS) is 12.9. The number of rotatable bonds is 4. The summed E-state index contributed by atoms with van der Waals surface area (Å²) in [5, 5.41) is 0.378. The highest BCUT2D eigenvalue weighted by Gasteiger charge is 2.07. The Bertz CT molecular complexity index is 284. The topological polar surface area (TPSA) is 52.0 Å². The third-order valence-corrected chi connectivity index (χ3v) is 2.25. The zero-order valence-electron chi connectivity index (χ0n) is 7.84. The fourth-order valence-corrected chi connectivity index (χ4v) is 1.52. The van der Waals surface area contributed by atoms with Crippen LogP contribution in [0.25, 0.3) is 0 Å². The van der Waals surface area contributed by atoms with Gasteiger partial charge in [-0.15, -0.1) is 0 Å². The average Bonchev–Trinajstić information content (AvgIpc) is 2.12. The minimum absolute atomic E-state index is 0.188. The van der Waals surface area contributed by atoms with Crippen LogP contribution in [-0.4, -0.2) is 6.54 Å². The number of halogens is 2. The molecule has 0 radical (unpaired) electrons. The number of hydrogen-bond donors (Lipinski definition) is 2. The van der Waals surface area contributed by atoms with Crippen molar-refractivity contribution in [2.45, 2.75) is 18.9 Å². The summed E-state index contributed by atoms with van der Waals surface area (Å²) < 4.78 is 12.9. The molecule has 1 aromatic carbocycles. The van der Waals surface area contributed by atoms with E-state index in [1.165, 1.54) is 12.1 Å². The molecular weight excluding hydrogens is 203 g/mol. The van der Waals surface area contributed by atoms with Crippen LogP contribution < -0.4 is 11.5 Å². The molecule has 0 aliphatic heterocycles. The molecule has 4 heteroatoms. The maximum absolute atomic E-state index is 12.9. The van der Waals surface area contributed by atoms with E-state index in [-0.39, 0.29) is 11.9 Å². The lowest BCUT2D eigenvalue weighted by atomic mass is 10.0. The smallest absolute Gasteiger partial charge is 0.125 e. The van der Waals surface area contributed by atoms with Crippen molar-refractivity contribution in [2.24, 2.45) is 11.5 Å². The van der Waals surface area contributed by atoms with E-state index >= 15 is 0 Å². The molecule has 0 fully saturated rings. The molecule has 2 nitrogen and oxygen atoms in total. The van der Waals surface area contributed by atoms with E-state index < -0.39 is 0 Å². The second kappa shape index (κ2) is 5.29. The van der Waals surface area contributed by atoms with Gasteiger partial charge in [-0.05, 0) is 43.1 Å². The van der Waals surface area contributed by atoms with Crippen molar-refractivity contribution in [2.75, 3.05) is 6.54 Å². The first-order valence-corrected chi connectivity index (χ1v) is 4.93. The van der Waals surface area contributed by atoms with Crippen molar-refractivity contribution in [3.8, 4) is 0 Å². The Labute approximate surface area is 88.0 Å². The van der Waals surface area contributed by atoms with Crippen molar-refractivity contribution in [3.05, 3.63) is 34.6 Å². The van der Waals surface area contributed by atoms with Gasteiger partial charge in [-0.2, -0.15) is 0 Å². The first kappa shape index (κ1) is 11.4. The van der Waals surface area contributed by atoms with Crippen molar-refractivity contribution < 1.29 is 4.39 Å². The van der Waals surface area contributed by atoms with E-state index in [1.807, 2.05) is 0 Å². The lowest BCUT2D eigenvalue weighted by molar-refractivity contribution is 0.597. The molecule has 0 saturated carbocycles. The van der Waals surface area contributed by atoms with E-state index in [9.17, 15) is 4.39 Å². The first-order chi connectivity index (χ1) is 6.63. The Morgan fingerprint density at radius 2 is 2.07 bits per heavy atom. The van der Waals surface area contributed by atoms with Crippen LogP contribution in [-0.2, 0) is 0 Å². The summed E-state index contributed by atoms with van der Waals surface area (Å²) in [6.45, 7) is 0.594. The molecule has 1 rings (SSSR count). The third kappa shape index (κ3) is 3.25. The van der Waals surface area contributed by atoms with Gasteiger partial charge >= 0.3 is 0 Å². The fourth-order valence-electron chi connectivity index (χ4n) is 1.29. The summed E-state index contributed by atoms with van der Waals surface area (Å²) in [4.78, 5) is 0. The molecule has 0 saturated heterocycles. The molecule has 0 amide bonds. The van der Waals surface area contributed by atoms with Gasteiger partial charge in [-0.1, -0.05) is 11.6 Å². The van der Waals surface area contributed by atoms with Gasteiger partial charge in [0, 0.05) is 11.1 Å². The van der Waals surface area contributed by atoms with Crippen LogP contribution in [0.5, 0.6) is 0 Å². The standard InChI is InChI=1S/C10H14ClFN2/c11-8-4-7(5-9(12)6-8)10(14)2-1-3-13/h4-6,10H,1-3,13-14H2/t10-/m1/s1. The largest absolute Gasteiger partial charge is 0.330 e. The van der Waals surface area contributed by atoms with Crippen molar-refractivity contribution in [1.82, 2.24) is 0 Å². The third-order valence-electron chi connectivity index (χ3n) is 2.03. The number of benzene rings is 1. The lowest BCUT2D eigenvalue weighted by Crippen LogP contribution is -2.12. The van der Waals surface area contributed by atoms with Crippen molar-refractivity contribution >= 4 is 11.6 Å². The number of nitrogens with two attached hydrogens (primary N) is 2. The Morgan fingerprint density at radius 3 is 2.64 bits per heavy atom. The van der Waals surface area contributed by atoms with Crippen molar-refractivity contribution in [1.29, 1.82) is 0 Å². The van der Waals surface area contributed by atoms with E-state index in [1.54, 1.807) is 6.07 Å². The van der Waals surface area contributed by atoms with Gasteiger partial charge in [0.15, 0.2) is 0 Å². The molecule has 78 valence electrons. The summed E-state index contributed by atoms with van der Waals surface area (Å²) in [5.41, 5.74) is 11.9. The van der Waals surface area contributed by atoms with Crippen LogP contribution in [0.3, 0.4) is 0 Å². The highest BCUT2D eigenvalue weighted by atomic mass is 35.5. The molecule has 0 unspecified atom stereocenters. The van der Waals surface area contributed by atoms with Gasteiger partial charge in [-0.25, -0.2) is 4.39 Å². The summed E-state index contributed by atoms with van der Waals surface area (Å²) in [6.07, 6.45) is 1.57. The van der Waals surface area contributed by atoms with Crippen LogP contribution in [0.4, 0.5) is 4.39 Å². The van der Waals surface area contributed by atoms with Crippen molar-refractivity contribution in [3.63, 3.8) is 0 Å². The van der Waals surface area contributed by atoms with Crippen LogP contribution in [0.15, 0.2) is 18.2 Å². The zero-order chi connectivity index (χ0) is 10.6. The Morgan fingerprint density at radius 1 is 1.36 bits per heavy atom. The van der Waals surface area contributed by atoms with Gasteiger partial charge in [0.2, 0.25) is 0 Å². The summed E-state index contributed by atoms with van der Waals surface area (Å²) in [5.74, 6) is -0.351. The predicted molar refractivity (Wildman–Crippen MR) is 56.6 cm³/mol. The Kier molecular flexibility index (Phi) is 4.32. The summed E-state index contributed by atoms with van der Waals surface area (Å²) in [7, 11) is 0. The van der Waals surface area contributed by atoms with Crippen LogP contribution in [0.1, 0.15) is 24.4 Å². The highest BCUT2D eigenvalue weighted by molar-refractivity contribution is 6.30. The first-order valence-electron chi connectivity index (χ1n) is 4.55. The quantitative estimate of drug-likeness (QED) is 0.811. The molecule has 4 N–H and O–H groups in total. The van der Waals surface area contributed by atoms with Gasteiger partial charge in [0.05, 0.1) is 0 Å². The zero-order valence-corrected chi connectivity index (χ0v) is 8.60. The van der Waals surface area contributed by atoms with Crippen LogP contribution in [0, 0.1) is 5.82 Å². The van der Waals surface area contributed by atoms with E-state index in [0.717, 1.165) is 18.4 Å². The molecule has 0 aliphatic rings. The fraction of sp³-hybridized carbons (Fsp3) is 0.400. The summed E-state index contributed by atoms with van der Waals surface area (Å²) in [6, 6.07) is 4.17. The Balaban J connectivity index is 2.73. The van der Waals surface area contributed by atoms with E-state index in [2.05, 4.69) is 0 Å². The minimum Gasteiger partial charge on any atom is -0.330 e. The van der Waals surface area contributed by atoms with Gasteiger partial charge in [0.25, 0.3) is 0 Å². The summed E-state index contributed by atoms with van der Waals surface area (Å²) >= 11 is 5.71. The molecule has 0 aliphatic carbocycles. The maximum atomic E-state index is 12.9. The average molecular weight is 217 g/mol. The van der Waals surface area contributed by atoms with Crippen LogP contribution >= 0.6 is 11.6 Å². The minimum atomic E-state index is -0.351. The molecule has 1 aromatic rings. The lowest BCUT2D eigenvalue weighted by Gasteiger charge is -2.11. The molecule has 0 heterocycles. The number of hydrogen-bond acceptors (Lipinski definition) is 2. The Hall–Kier alpha value is -0.640. The van der Waals surface area contributed by atoms with E-state index in [0.29, 0.717) is 11.6 Å². The highest BCUT2D eigenvalue weighted by Crippen LogP contribution is 2.21. The SMILES string of the molecule is NCCC[C@@H](N)c1cc(F)cc(Cl)c1. The van der Waals surface area contributed by atoms with Gasteiger partial charge < -0.3 is 11.5 Å². The maximum Gasteiger partial charge on any atom is 0.125 e. The van der Waals surface area contributed by atoms with Crippen LogP contribution in [0.2, 0.25) is 5.02 Å². The predicted octanol–water partition coefficient (Wildman–Crippen LogP) is 2.22. The molecular formula is C10H14ClFN2. The molecule has 0 bridgehead atoms. The van der Waals surface area contributed by atoms with Gasteiger partial charge in [-0.3, -0.25) is 0 Å².